The van der Waals surface area contributed by atoms with E-state index >= 15 is 0 Å². The van der Waals surface area contributed by atoms with Crippen molar-refractivity contribution in [2.24, 2.45) is 5.73 Å². The molecule has 1 rings (SSSR count). The minimum Gasteiger partial charge on any atom is -0.329 e. The first-order valence-corrected chi connectivity index (χ1v) is 4.23. The average Bonchev–Trinajstić information content (AvgIpc) is 1.77. The van der Waals surface area contributed by atoms with E-state index in [0.29, 0.717) is 6.04 Å². The number of nitrogens with two attached hydrogens (primary N) is 1. The molecule has 1 aliphatic heterocycles. The van der Waals surface area contributed by atoms with Gasteiger partial charge in [0.2, 0.25) is 0 Å². The Morgan fingerprint density at radius 3 is 2.78 bits per heavy atom. The maximum absolute atomic E-state index is 5.36. The number of rotatable bonds is 3. The second-order valence-electron chi connectivity index (χ2n) is 2.35. The van der Waals surface area contributed by atoms with Crippen LogP contribution in [0.1, 0.15) is 0 Å². The van der Waals surface area contributed by atoms with E-state index in [1.165, 1.54) is 13.1 Å². The van der Waals surface area contributed by atoms with Crippen molar-refractivity contribution in [3.05, 3.63) is 0 Å². The first-order valence-electron chi connectivity index (χ1n) is 3.15. The van der Waals surface area contributed by atoms with E-state index in [9.17, 15) is 0 Å². The van der Waals surface area contributed by atoms with Crippen LogP contribution in [0.15, 0.2) is 0 Å². The van der Waals surface area contributed by atoms with Crippen LogP contribution in [0.3, 0.4) is 0 Å². The van der Waals surface area contributed by atoms with Gasteiger partial charge >= 0.3 is 0 Å². The van der Waals surface area contributed by atoms with Gasteiger partial charge in [-0.05, 0) is 0 Å². The molecule has 0 amide bonds. The molecule has 54 valence electrons. The standard InChI is InChI=1S/C5H12IN3/c6-8-5-3-9(4-5)2-1-7/h5,8H,1-4,7H2. The fourth-order valence-corrected chi connectivity index (χ4v) is 1.40. The van der Waals surface area contributed by atoms with Crippen molar-refractivity contribution in [2.75, 3.05) is 26.2 Å². The van der Waals surface area contributed by atoms with Crippen molar-refractivity contribution >= 4 is 22.9 Å². The van der Waals surface area contributed by atoms with Gasteiger partial charge in [0.05, 0.1) is 0 Å². The van der Waals surface area contributed by atoms with E-state index in [0.717, 1.165) is 13.1 Å². The van der Waals surface area contributed by atoms with E-state index in [-0.39, 0.29) is 0 Å². The van der Waals surface area contributed by atoms with E-state index in [4.69, 9.17) is 5.73 Å². The number of hydrogen-bond donors (Lipinski definition) is 2. The highest BCUT2D eigenvalue weighted by Crippen LogP contribution is 2.06. The molecule has 0 saturated carbocycles. The lowest BCUT2D eigenvalue weighted by molar-refractivity contribution is 0.150. The van der Waals surface area contributed by atoms with Crippen LogP contribution in [0, 0.1) is 0 Å². The first kappa shape index (κ1) is 7.71. The summed E-state index contributed by atoms with van der Waals surface area (Å²) in [4.78, 5) is 2.34. The number of likely N-dealkylation sites (tertiary alicyclic amines) is 1. The maximum atomic E-state index is 5.36. The Labute approximate surface area is 69.5 Å². The predicted octanol–water partition coefficient (Wildman–Crippen LogP) is -0.431. The Kier molecular flexibility index (Phi) is 3.17. The zero-order valence-corrected chi connectivity index (χ0v) is 7.47. The minimum absolute atomic E-state index is 0.706. The van der Waals surface area contributed by atoms with Crippen LogP contribution in [0.4, 0.5) is 0 Å². The van der Waals surface area contributed by atoms with E-state index in [1.54, 1.807) is 0 Å². The SMILES string of the molecule is NCCN1CC(NI)C1. The van der Waals surface area contributed by atoms with Crippen molar-refractivity contribution in [2.45, 2.75) is 6.04 Å². The van der Waals surface area contributed by atoms with Crippen LogP contribution in [0.5, 0.6) is 0 Å². The second kappa shape index (κ2) is 3.70. The van der Waals surface area contributed by atoms with Crippen LogP contribution in [-0.2, 0) is 0 Å². The summed E-state index contributed by atoms with van der Waals surface area (Å²) < 4.78 is 3.18. The molecule has 3 nitrogen and oxygen atoms in total. The van der Waals surface area contributed by atoms with Crippen molar-refractivity contribution in [1.29, 1.82) is 0 Å². The highest BCUT2D eigenvalue weighted by Gasteiger charge is 2.23. The first-order chi connectivity index (χ1) is 4.36. The zero-order chi connectivity index (χ0) is 6.69. The number of hydrogen-bond acceptors (Lipinski definition) is 3. The quantitative estimate of drug-likeness (QED) is 0.520. The Balaban J connectivity index is 1.98. The summed E-state index contributed by atoms with van der Waals surface area (Å²) in [7, 11) is 0. The number of halogens is 1. The molecule has 4 heteroatoms. The molecule has 0 atom stereocenters. The summed E-state index contributed by atoms with van der Waals surface area (Å²) in [6.45, 7) is 4.17. The van der Waals surface area contributed by atoms with Crippen LogP contribution < -0.4 is 9.26 Å². The summed E-state index contributed by atoms with van der Waals surface area (Å²) in [5.74, 6) is 0. The second-order valence-corrected chi connectivity index (χ2v) is 2.98. The smallest absolute Gasteiger partial charge is 0.0418 e. The van der Waals surface area contributed by atoms with Crippen LogP contribution in [0.25, 0.3) is 0 Å². The number of nitrogens with zero attached hydrogens (tertiary/aromatic N) is 1. The highest BCUT2D eigenvalue weighted by molar-refractivity contribution is 14.1. The molecule has 0 aromatic carbocycles. The fourth-order valence-electron chi connectivity index (χ4n) is 1.00. The Morgan fingerprint density at radius 2 is 2.33 bits per heavy atom. The van der Waals surface area contributed by atoms with Crippen molar-refractivity contribution in [3.8, 4) is 0 Å². The molecular weight excluding hydrogens is 229 g/mol. The maximum Gasteiger partial charge on any atom is 0.0418 e. The molecule has 1 heterocycles. The van der Waals surface area contributed by atoms with Gasteiger partial charge in [-0.1, -0.05) is 0 Å². The highest BCUT2D eigenvalue weighted by atomic mass is 127. The van der Waals surface area contributed by atoms with Crippen molar-refractivity contribution in [1.82, 2.24) is 8.43 Å². The summed E-state index contributed by atoms with van der Waals surface area (Å²) in [6, 6.07) is 0.706. The molecule has 0 bridgehead atoms. The molecule has 0 spiro atoms. The van der Waals surface area contributed by atoms with Crippen LogP contribution in [0.2, 0.25) is 0 Å². The summed E-state index contributed by atoms with van der Waals surface area (Å²) in [5.41, 5.74) is 5.36. The third-order valence-corrected chi connectivity index (χ3v) is 2.44. The minimum atomic E-state index is 0.706. The fraction of sp³-hybridized carbons (Fsp3) is 1.00. The third-order valence-electron chi connectivity index (χ3n) is 1.56. The van der Waals surface area contributed by atoms with Crippen LogP contribution >= 0.6 is 22.9 Å². The van der Waals surface area contributed by atoms with Crippen molar-refractivity contribution in [3.63, 3.8) is 0 Å². The van der Waals surface area contributed by atoms with Gasteiger partial charge in [0, 0.05) is 55.1 Å². The molecule has 0 unspecified atom stereocenters. The van der Waals surface area contributed by atoms with Gasteiger partial charge in [-0.2, -0.15) is 0 Å². The summed E-state index contributed by atoms with van der Waals surface area (Å²) in [5, 5.41) is 0. The number of nitrogens with one attached hydrogen (secondary N) is 1. The van der Waals surface area contributed by atoms with Gasteiger partial charge in [-0.25, -0.2) is 0 Å². The average molecular weight is 241 g/mol. The lowest BCUT2D eigenvalue weighted by Crippen LogP contribution is -2.56. The Morgan fingerprint density at radius 1 is 1.67 bits per heavy atom. The van der Waals surface area contributed by atoms with Gasteiger partial charge in [0.15, 0.2) is 0 Å². The van der Waals surface area contributed by atoms with Crippen molar-refractivity contribution < 1.29 is 0 Å². The van der Waals surface area contributed by atoms with Gasteiger partial charge in [0.1, 0.15) is 0 Å². The Bertz CT molecular complexity index is 82.3. The molecule has 0 aromatic rings. The lowest BCUT2D eigenvalue weighted by atomic mass is 10.1. The molecule has 0 aromatic heterocycles. The van der Waals surface area contributed by atoms with Gasteiger partial charge < -0.3 is 5.73 Å². The molecular formula is C5H12IN3. The molecule has 9 heavy (non-hydrogen) atoms. The third kappa shape index (κ3) is 2.03. The molecule has 0 aliphatic carbocycles. The summed E-state index contributed by atoms with van der Waals surface area (Å²) >= 11 is 2.20. The topological polar surface area (TPSA) is 41.3 Å². The van der Waals surface area contributed by atoms with Gasteiger partial charge in [-0.15, -0.1) is 0 Å². The van der Waals surface area contributed by atoms with Gasteiger partial charge in [0.25, 0.3) is 0 Å². The molecule has 3 N–H and O–H groups in total. The molecule has 1 aliphatic rings. The molecule has 1 fully saturated rings. The molecule has 1 saturated heterocycles. The normalized spacial score (nSPS) is 22.0. The monoisotopic (exact) mass is 241 g/mol. The lowest BCUT2D eigenvalue weighted by Gasteiger charge is -2.37. The molecule has 0 radical (unpaired) electrons. The van der Waals surface area contributed by atoms with E-state index < -0.39 is 0 Å². The van der Waals surface area contributed by atoms with E-state index in [1.807, 2.05) is 0 Å². The summed E-state index contributed by atoms with van der Waals surface area (Å²) in [6.07, 6.45) is 0. The van der Waals surface area contributed by atoms with E-state index in [2.05, 4.69) is 31.3 Å². The Hall–Kier alpha value is 0.610. The van der Waals surface area contributed by atoms with Gasteiger partial charge in [-0.3, -0.25) is 8.43 Å². The zero-order valence-electron chi connectivity index (χ0n) is 5.31. The largest absolute Gasteiger partial charge is 0.329 e. The predicted molar refractivity (Wildman–Crippen MR) is 46.4 cm³/mol. The van der Waals surface area contributed by atoms with Crippen LogP contribution in [-0.4, -0.2) is 37.1 Å².